The Morgan fingerprint density at radius 3 is 2.48 bits per heavy atom. The predicted molar refractivity (Wildman–Crippen MR) is 131 cm³/mol. The highest BCUT2D eigenvalue weighted by atomic mass is 35.5. The third kappa shape index (κ3) is 8.58. The summed E-state index contributed by atoms with van der Waals surface area (Å²) >= 11 is 7.59. The van der Waals surface area contributed by atoms with Crippen LogP contribution in [0.4, 0.5) is 0 Å². The molecule has 31 heavy (non-hydrogen) atoms. The molecule has 0 aliphatic rings. The van der Waals surface area contributed by atoms with Gasteiger partial charge < -0.3 is 10.2 Å². The van der Waals surface area contributed by atoms with E-state index in [1.165, 1.54) is 11.1 Å². The maximum absolute atomic E-state index is 13.2. The Morgan fingerprint density at radius 1 is 1.10 bits per heavy atom. The molecule has 0 bridgehead atoms. The summed E-state index contributed by atoms with van der Waals surface area (Å²) in [6, 6.07) is 15.3. The number of nitrogens with one attached hydrogen (secondary N) is 1. The second-order valence-corrected chi connectivity index (χ2v) is 9.12. The van der Waals surface area contributed by atoms with Gasteiger partial charge in [0.15, 0.2) is 0 Å². The van der Waals surface area contributed by atoms with Crippen LogP contribution in [-0.4, -0.2) is 35.1 Å². The van der Waals surface area contributed by atoms with Crippen LogP contribution in [0.5, 0.6) is 0 Å². The summed E-state index contributed by atoms with van der Waals surface area (Å²) in [5.74, 6) is 0.995. The molecule has 0 fully saturated rings. The first-order chi connectivity index (χ1) is 14.9. The number of amides is 2. The third-order valence-corrected chi connectivity index (χ3v) is 6.30. The van der Waals surface area contributed by atoms with Crippen LogP contribution in [0.25, 0.3) is 0 Å². The molecule has 1 N–H and O–H groups in total. The van der Waals surface area contributed by atoms with Crippen molar-refractivity contribution in [3.8, 4) is 0 Å². The summed E-state index contributed by atoms with van der Waals surface area (Å²) in [6.07, 6.45) is 2.51. The summed E-state index contributed by atoms with van der Waals surface area (Å²) in [4.78, 5) is 27.8. The standard InChI is InChI=1S/C25H33ClN2O2S/c1-4-6-14-27-25(30)23(5-2)28(16-20-10-12-22(26)13-11-20)24(29)18-31-17-21-9-7-8-19(3)15-21/h7-13,15,23H,4-6,14,16-18H2,1-3H3,(H,27,30). The van der Waals surface area contributed by atoms with Crippen LogP contribution >= 0.6 is 23.4 Å². The Labute approximate surface area is 195 Å². The van der Waals surface area contributed by atoms with Gasteiger partial charge in [-0.2, -0.15) is 0 Å². The fourth-order valence-electron chi connectivity index (χ4n) is 3.35. The molecule has 4 nitrogen and oxygen atoms in total. The summed E-state index contributed by atoms with van der Waals surface area (Å²) < 4.78 is 0. The molecule has 0 saturated heterocycles. The van der Waals surface area contributed by atoms with Gasteiger partial charge in [-0.1, -0.05) is 73.8 Å². The molecule has 0 heterocycles. The Bertz CT molecular complexity index is 842. The van der Waals surface area contributed by atoms with Crippen molar-refractivity contribution in [1.82, 2.24) is 10.2 Å². The largest absolute Gasteiger partial charge is 0.354 e. The van der Waals surface area contributed by atoms with E-state index in [0.29, 0.717) is 30.3 Å². The van der Waals surface area contributed by atoms with Crippen molar-refractivity contribution < 1.29 is 9.59 Å². The smallest absolute Gasteiger partial charge is 0.242 e. The molecule has 2 rings (SSSR count). The van der Waals surface area contributed by atoms with Gasteiger partial charge in [0.05, 0.1) is 5.75 Å². The number of halogens is 1. The molecule has 1 unspecified atom stereocenters. The minimum atomic E-state index is -0.486. The van der Waals surface area contributed by atoms with Gasteiger partial charge in [-0.15, -0.1) is 11.8 Å². The van der Waals surface area contributed by atoms with Crippen molar-refractivity contribution in [3.63, 3.8) is 0 Å². The Kier molecular flexibility index (Phi) is 11.0. The lowest BCUT2D eigenvalue weighted by atomic mass is 10.1. The van der Waals surface area contributed by atoms with Crippen LogP contribution in [0, 0.1) is 6.92 Å². The molecule has 0 aliphatic heterocycles. The van der Waals surface area contributed by atoms with Crippen molar-refractivity contribution in [2.24, 2.45) is 0 Å². The molecular weight excluding hydrogens is 428 g/mol. The minimum Gasteiger partial charge on any atom is -0.354 e. The van der Waals surface area contributed by atoms with Crippen molar-refractivity contribution in [1.29, 1.82) is 0 Å². The molecule has 0 radical (unpaired) electrons. The first kappa shape index (κ1) is 25.3. The van der Waals surface area contributed by atoms with Crippen molar-refractivity contribution in [3.05, 3.63) is 70.2 Å². The number of rotatable bonds is 12. The third-order valence-electron chi connectivity index (χ3n) is 5.06. The molecule has 0 spiro atoms. The molecule has 0 aromatic heterocycles. The Hall–Kier alpha value is -1.98. The van der Waals surface area contributed by atoms with E-state index in [0.717, 1.165) is 24.2 Å². The lowest BCUT2D eigenvalue weighted by molar-refractivity contribution is -0.139. The number of nitrogens with zero attached hydrogens (tertiary/aromatic N) is 1. The van der Waals surface area contributed by atoms with Gasteiger partial charge in [-0.25, -0.2) is 0 Å². The Morgan fingerprint density at radius 2 is 1.84 bits per heavy atom. The van der Waals surface area contributed by atoms with Crippen LogP contribution in [-0.2, 0) is 21.9 Å². The van der Waals surface area contributed by atoms with E-state index in [4.69, 9.17) is 11.6 Å². The maximum atomic E-state index is 13.2. The average Bonchev–Trinajstić information content (AvgIpc) is 2.75. The highest BCUT2D eigenvalue weighted by Crippen LogP contribution is 2.19. The monoisotopic (exact) mass is 460 g/mol. The second kappa shape index (κ2) is 13.4. The molecule has 6 heteroatoms. The molecule has 0 saturated carbocycles. The number of benzene rings is 2. The second-order valence-electron chi connectivity index (χ2n) is 7.70. The van der Waals surface area contributed by atoms with Gasteiger partial charge in [0.1, 0.15) is 6.04 Å². The molecule has 168 valence electrons. The Balaban J connectivity index is 2.09. The van der Waals surface area contributed by atoms with E-state index in [1.54, 1.807) is 16.7 Å². The first-order valence-electron chi connectivity index (χ1n) is 10.9. The van der Waals surface area contributed by atoms with Gasteiger partial charge >= 0.3 is 0 Å². The van der Waals surface area contributed by atoms with Gasteiger partial charge in [0.25, 0.3) is 0 Å². The van der Waals surface area contributed by atoms with Crippen molar-refractivity contribution in [2.75, 3.05) is 12.3 Å². The SMILES string of the molecule is CCCCNC(=O)C(CC)N(Cc1ccc(Cl)cc1)C(=O)CSCc1cccc(C)c1. The number of aryl methyl sites for hydroxylation is 1. The number of carbonyl (C=O) groups is 2. The minimum absolute atomic E-state index is 0.0231. The van der Waals surface area contributed by atoms with Gasteiger partial charge in [-0.3, -0.25) is 9.59 Å². The van der Waals surface area contributed by atoms with Gasteiger partial charge in [-0.05, 0) is 43.0 Å². The fourth-order valence-corrected chi connectivity index (χ4v) is 4.34. The zero-order valence-electron chi connectivity index (χ0n) is 18.7. The van der Waals surface area contributed by atoms with E-state index < -0.39 is 6.04 Å². The topological polar surface area (TPSA) is 49.4 Å². The zero-order valence-corrected chi connectivity index (χ0v) is 20.3. The normalized spacial score (nSPS) is 11.7. The number of carbonyl (C=O) groups excluding carboxylic acids is 2. The molecule has 0 aliphatic carbocycles. The van der Waals surface area contributed by atoms with Gasteiger partial charge in [0.2, 0.25) is 11.8 Å². The van der Waals surface area contributed by atoms with Crippen LogP contribution in [0.1, 0.15) is 49.8 Å². The number of unbranched alkanes of at least 4 members (excludes halogenated alkanes) is 1. The number of thioether (sulfide) groups is 1. The van der Waals surface area contributed by atoms with E-state index in [-0.39, 0.29) is 11.8 Å². The van der Waals surface area contributed by atoms with Crippen molar-refractivity contribution in [2.45, 2.75) is 58.4 Å². The highest BCUT2D eigenvalue weighted by molar-refractivity contribution is 7.99. The predicted octanol–water partition coefficient (Wildman–Crippen LogP) is 5.61. The average molecular weight is 461 g/mol. The van der Waals surface area contributed by atoms with E-state index in [9.17, 15) is 9.59 Å². The van der Waals surface area contributed by atoms with E-state index >= 15 is 0 Å². The van der Waals surface area contributed by atoms with Crippen LogP contribution in [0.2, 0.25) is 5.02 Å². The zero-order chi connectivity index (χ0) is 22.6. The fraction of sp³-hybridized carbons (Fsp3) is 0.440. The highest BCUT2D eigenvalue weighted by Gasteiger charge is 2.28. The molecule has 2 aromatic rings. The molecular formula is C25H33ClN2O2S. The van der Waals surface area contributed by atoms with Crippen molar-refractivity contribution >= 4 is 35.2 Å². The lowest BCUT2D eigenvalue weighted by Gasteiger charge is -2.30. The summed E-state index contributed by atoms with van der Waals surface area (Å²) in [5.41, 5.74) is 3.37. The van der Waals surface area contributed by atoms with Crippen LogP contribution in [0.3, 0.4) is 0 Å². The molecule has 1 atom stereocenters. The summed E-state index contributed by atoms with van der Waals surface area (Å²) in [6.45, 7) is 7.13. The van der Waals surface area contributed by atoms with E-state index in [2.05, 4.69) is 37.4 Å². The van der Waals surface area contributed by atoms with Crippen LogP contribution < -0.4 is 5.32 Å². The molecule has 2 amide bonds. The maximum Gasteiger partial charge on any atom is 0.242 e. The summed E-state index contributed by atoms with van der Waals surface area (Å²) in [7, 11) is 0. The van der Waals surface area contributed by atoms with E-state index in [1.807, 2.05) is 37.3 Å². The lowest BCUT2D eigenvalue weighted by Crippen LogP contribution is -2.49. The first-order valence-corrected chi connectivity index (χ1v) is 12.4. The summed E-state index contributed by atoms with van der Waals surface area (Å²) in [5, 5.41) is 3.64. The quantitative estimate of drug-likeness (QED) is 0.419. The number of hydrogen-bond acceptors (Lipinski definition) is 3. The number of hydrogen-bond donors (Lipinski definition) is 1. The molecule has 2 aromatic carbocycles. The van der Waals surface area contributed by atoms with Gasteiger partial charge in [0, 0.05) is 23.9 Å². The van der Waals surface area contributed by atoms with Crippen LogP contribution in [0.15, 0.2) is 48.5 Å².